The number of nitrogens with zero attached hydrogens (tertiary/aromatic N) is 1. The highest BCUT2D eigenvalue weighted by Crippen LogP contribution is 2.15. The van der Waals surface area contributed by atoms with Crippen molar-refractivity contribution in [1.29, 1.82) is 0 Å². The zero-order valence-corrected chi connectivity index (χ0v) is 9.67. The van der Waals surface area contributed by atoms with Crippen molar-refractivity contribution in [3.63, 3.8) is 0 Å². The molecule has 0 aromatic carbocycles. The Morgan fingerprint density at radius 1 is 1.50 bits per heavy atom. The Labute approximate surface area is 102 Å². The molecule has 0 atom stereocenters. The van der Waals surface area contributed by atoms with Crippen LogP contribution in [0.1, 0.15) is 23.4 Å². The van der Waals surface area contributed by atoms with E-state index in [2.05, 4.69) is 10.1 Å². The molecule has 1 aromatic heterocycles. The molecule has 0 unspecified atom stereocenters. The molecule has 0 aliphatic rings. The fraction of sp³-hybridized carbons (Fsp3) is 0.400. The van der Waals surface area contributed by atoms with Crippen LogP contribution in [0.5, 0.6) is 0 Å². The van der Waals surface area contributed by atoms with Crippen LogP contribution in [0.3, 0.4) is 0 Å². The molecule has 1 rings (SSSR count). The molecule has 0 saturated carbocycles. The molecule has 0 radical (unpaired) electrons. The van der Waals surface area contributed by atoms with E-state index in [9.17, 15) is 19.7 Å². The van der Waals surface area contributed by atoms with Gasteiger partial charge in [-0.2, -0.15) is 0 Å². The molecule has 1 heterocycles. The van der Waals surface area contributed by atoms with Crippen LogP contribution in [0.15, 0.2) is 16.5 Å². The Balaban J connectivity index is 2.36. The Bertz CT molecular complexity index is 453. The SMILES string of the molecule is COC(=O)CCCNC(=O)c1ccc([N+](=O)[O-])o1. The summed E-state index contributed by atoms with van der Waals surface area (Å²) in [5.41, 5.74) is 0. The number of carbonyl (C=O) groups excluding carboxylic acids is 2. The van der Waals surface area contributed by atoms with E-state index < -0.39 is 16.7 Å². The number of nitro groups is 1. The average molecular weight is 256 g/mol. The van der Waals surface area contributed by atoms with Crippen LogP contribution in [-0.4, -0.2) is 30.5 Å². The highest BCUT2D eigenvalue weighted by atomic mass is 16.6. The number of nitrogens with one attached hydrogen (secondary N) is 1. The number of amides is 1. The van der Waals surface area contributed by atoms with E-state index in [1.165, 1.54) is 13.2 Å². The minimum atomic E-state index is -0.728. The van der Waals surface area contributed by atoms with E-state index in [0.717, 1.165) is 6.07 Å². The van der Waals surface area contributed by atoms with Gasteiger partial charge in [-0.3, -0.25) is 19.7 Å². The lowest BCUT2D eigenvalue weighted by Gasteiger charge is -2.01. The van der Waals surface area contributed by atoms with Gasteiger partial charge in [0.05, 0.1) is 13.2 Å². The lowest BCUT2D eigenvalue weighted by molar-refractivity contribution is -0.402. The number of carbonyl (C=O) groups is 2. The van der Waals surface area contributed by atoms with Crippen molar-refractivity contribution in [2.75, 3.05) is 13.7 Å². The zero-order chi connectivity index (χ0) is 13.5. The largest absolute Gasteiger partial charge is 0.469 e. The summed E-state index contributed by atoms with van der Waals surface area (Å²) in [4.78, 5) is 31.8. The van der Waals surface area contributed by atoms with E-state index in [-0.39, 0.29) is 24.7 Å². The maximum absolute atomic E-state index is 11.5. The molecule has 0 fully saturated rings. The summed E-state index contributed by atoms with van der Waals surface area (Å²) in [6.45, 7) is 0.252. The lowest BCUT2D eigenvalue weighted by Crippen LogP contribution is -2.24. The maximum atomic E-state index is 11.5. The summed E-state index contributed by atoms with van der Waals surface area (Å²) >= 11 is 0. The summed E-state index contributed by atoms with van der Waals surface area (Å²) in [5, 5.41) is 12.8. The molecule has 1 aromatic rings. The van der Waals surface area contributed by atoms with Crippen LogP contribution in [0.25, 0.3) is 0 Å². The normalized spacial score (nSPS) is 9.83. The first-order chi connectivity index (χ1) is 8.54. The van der Waals surface area contributed by atoms with Gasteiger partial charge in [0, 0.05) is 13.0 Å². The number of esters is 1. The summed E-state index contributed by atoms with van der Waals surface area (Å²) in [7, 11) is 1.28. The monoisotopic (exact) mass is 256 g/mol. The quantitative estimate of drug-likeness (QED) is 0.350. The minimum Gasteiger partial charge on any atom is -0.469 e. The van der Waals surface area contributed by atoms with Crippen molar-refractivity contribution in [2.24, 2.45) is 0 Å². The highest BCUT2D eigenvalue weighted by Gasteiger charge is 2.16. The number of ether oxygens (including phenoxy) is 1. The van der Waals surface area contributed by atoms with Gasteiger partial charge in [0.1, 0.15) is 4.92 Å². The summed E-state index contributed by atoms with van der Waals surface area (Å²) in [6.07, 6.45) is 0.607. The van der Waals surface area contributed by atoms with Gasteiger partial charge in [-0.05, 0) is 12.5 Å². The summed E-state index contributed by atoms with van der Waals surface area (Å²) < 4.78 is 9.13. The van der Waals surface area contributed by atoms with Crippen molar-refractivity contribution < 1.29 is 23.7 Å². The first kappa shape index (κ1) is 13.7. The van der Waals surface area contributed by atoms with Gasteiger partial charge < -0.3 is 14.5 Å². The highest BCUT2D eigenvalue weighted by molar-refractivity contribution is 5.91. The van der Waals surface area contributed by atoms with E-state index in [4.69, 9.17) is 4.42 Å². The number of methoxy groups -OCH3 is 1. The van der Waals surface area contributed by atoms with Crippen molar-refractivity contribution in [1.82, 2.24) is 5.32 Å². The van der Waals surface area contributed by atoms with Gasteiger partial charge in [-0.15, -0.1) is 0 Å². The average Bonchev–Trinajstić information content (AvgIpc) is 2.83. The second kappa shape index (κ2) is 6.38. The number of furan rings is 1. The Morgan fingerprint density at radius 3 is 2.78 bits per heavy atom. The standard InChI is InChI=1S/C10H12N2O6/c1-17-9(13)3-2-6-11-10(14)7-4-5-8(18-7)12(15)16/h4-5H,2-3,6H2,1H3,(H,11,14). The molecule has 0 bridgehead atoms. The van der Waals surface area contributed by atoms with E-state index >= 15 is 0 Å². The van der Waals surface area contributed by atoms with Gasteiger partial charge in [0.15, 0.2) is 5.76 Å². The predicted octanol–water partition coefficient (Wildman–Crippen LogP) is 0.871. The van der Waals surface area contributed by atoms with Crippen LogP contribution >= 0.6 is 0 Å². The van der Waals surface area contributed by atoms with E-state index in [0.29, 0.717) is 6.42 Å². The topological polar surface area (TPSA) is 112 Å². The zero-order valence-electron chi connectivity index (χ0n) is 9.67. The van der Waals surface area contributed by atoms with Gasteiger partial charge in [-0.1, -0.05) is 0 Å². The predicted molar refractivity (Wildman–Crippen MR) is 58.9 cm³/mol. The van der Waals surface area contributed by atoms with Gasteiger partial charge in [0.2, 0.25) is 0 Å². The molecule has 8 nitrogen and oxygen atoms in total. The van der Waals surface area contributed by atoms with Crippen LogP contribution in [0, 0.1) is 10.1 Å². The molecule has 0 saturated heterocycles. The van der Waals surface area contributed by atoms with Crippen LogP contribution in [-0.2, 0) is 9.53 Å². The molecule has 0 aliphatic carbocycles. The lowest BCUT2D eigenvalue weighted by atomic mass is 10.3. The second-order valence-electron chi connectivity index (χ2n) is 3.33. The number of hydrogen-bond acceptors (Lipinski definition) is 6. The van der Waals surface area contributed by atoms with E-state index in [1.54, 1.807) is 0 Å². The molecule has 1 N–H and O–H groups in total. The minimum absolute atomic E-state index is 0.139. The fourth-order valence-corrected chi connectivity index (χ4v) is 1.17. The Morgan fingerprint density at radius 2 is 2.22 bits per heavy atom. The van der Waals surface area contributed by atoms with Crippen LogP contribution < -0.4 is 5.32 Å². The molecular weight excluding hydrogens is 244 g/mol. The third-order valence-corrected chi connectivity index (χ3v) is 2.07. The molecule has 8 heteroatoms. The molecular formula is C10H12N2O6. The van der Waals surface area contributed by atoms with Crippen LogP contribution in [0.4, 0.5) is 5.88 Å². The number of hydrogen-bond donors (Lipinski definition) is 1. The fourth-order valence-electron chi connectivity index (χ4n) is 1.17. The maximum Gasteiger partial charge on any atom is 0.433 e. The third kappa shape index (κ3) is 3.89. The first-order valence-electron chi connectivity index (χ1n) is 5.14. The van der Waals surface area contributed by atoms with Crippen LogP contribution in [0.2, 0.25) is 0 Å². The summed E-state index contributed by atoms with van der Waals surface area (Å²) in [5.74, 6) is -1.56. The van der Waals surface area contributed by atoms with Gasteiger partial charge in [-0.25, -0.2) is 0 Å². The van der Waals surface area contributed by atoms with Gasteiger partial charge >= 0.3 is 11.9 Å². The van der Waals surface area contributed by atoms with Crippen molar-refractivity contribution in [3.05, 3.63) is 28.0 Å². The van der Waals surface area contributed by atoms with Gasteiger partial charge in [0.25, 0.3) is 5.91 Å². The van der Waals surface area contributed by atoms with Crippen molar-refractivity contribution in [2.45, 2.75) is 12.8 Å². The Kier molecular flexibility index (Phi) is 4.85. The molecule has 18 heavy (non-hydrogen) atoms. The molecule has 0 aliphatic heterocycles. The smallest absolute Gasteiger partial charge is 0.433 e. The third-order valence-electron chi connectivity index (χ3n) is 2.07. The van der Waals surface area contributed by atoms with Crippen molar-refractivity contribution in [3.8, 4) is 0 Å². The van der Waals surface area contributed by atoms with Crippen molar-refractivity contribution >= 4 is 17.8 Å². The molecule has 98 valence electrons. The molecule has 0 spiro atoms. The first-order valence-corrected chi connectivity index (χ1v) is 5.14. The second-order valence-corrected chi connectivity index (χ2v) is 3.33. The van der Waals surface area contributed by atoms with E-state index in [1.807, 2.05) is 0 Å². The summed E-state index contributed by atoms with van der Waals surface area (Å²) in [6, 6.07) is 2.32. The molecule has 1 amide bonds. The Hall–Kier alpha value is -2.38. The number of rotatable bonds is 6.